The predicted octanol–water partition coefficient (Wildman–Crippen LogP) is 2.27. The molecule has 0 saturated heterocycles. The number of carbonyl (C=O) groups is 1. The molecule has 0 bridgehead atoms. The van der Waals surface area contributed by atoms with Gasteiger partial charge in [-0.1, -0.05) is 6.07 Å². The van der Waals surface area contributed by atoms with Crippen LogP contribution in [0.1, 0.15) is 12.0 Å². The van der Waals surface area contributed by atoms with Crippen molar-refractivity contribution in [3.63, 3.8) is 0 Å². The Morgan fingerprint density at radius 2 is 2.27 bits per heavy atom. The number of ether oxygens (including phenoxy) is 1. The maximum absolute atomic E-state index is 10.9. The lowest BCUT2D eigenvalue weighted by molar-refractivity contribution is -0.121. The molecule has 0 radical (unpaired) electrons. The number of hydrogen-bond acceptors (Lipinski definition) is 2. The number of rotatable bonds is 4. The second-order valence-corrected chi connectivity index (χ2v) is 4.06. The van der Waals surface area contributed by atoms with Crippen LogP contribution in [0.15, 0.2) is 22.7 Å². The van der Waals surface area contributed by atoms with Crippen LogP contribution in [0.4, 0.5) is 0 Å². The van der Waals surface area contributed by atoms with Crippen molar-refractivity contribution in [1.29, 1.82) is 0 Å². The van der Waals surface area contributed by atoms with Crippen molar-refractivity contribution >= 4 is 21.8 Å². The minimum absolute atomic E-state index is 0.0155. The van der Waals surface area contributed by atoms with Gasteiger partial charge in [0, 0.05) is 7.05 Å². The van der Waals surface area contributed by atoms with E-state index in [-0.39, 0.29) is 5.91 Å². The van der Waals surface area contributed by atoms with Gasteiger partial charge in [-0.15, -0.1) is 0 Å². The molecule has 0 saturated carbocycles. The Morgan fingerprint density at radius 3 is 2.87 bits per heavy atom. The predicted molar refractivity (Wildman–Crippen MR) is 63.1 cm³/mol. The van der Waals surface area contributed by atoms with E-state index in [1.807, 2.05) is 25.1 Å². The molecule has 0 spiro atoms. The van der Waals surface area contributed by atoms with E-state index in [1.165, 1.54) is 5.56 Å². The number of aryl methyl sites for hydroxylation is 1. The number of halogens is 1. The molecular weight excluding hydrogens is 258 g/mol. The minimum atomic E-state index is -0.0155. The van der Waals surface area contributed by atoms with Crippen LogP contribution in [-0.4, -0.2) is 19.6 Å². The average molecular weight is 272 g/mol. The van der Waals surface area contributed by atoms with Crippen molar-refractivity contribution in [2.24, 2.45) is 0 Å². The van der Waals surface area contributed by atoms with Gasteiger partial charge in [0.2, 0.25) is 5.91 Å². The number of amides is 1. The minimum Gasteiger partial charge on any atom is -0.492 e. The van der Waals surface area contributed by atoms with E-state index >= 15 is 0 Å². The summed E-state index contributed by atoms with van der Waals surface area (Å²) in [6.45, 7) is 2.40. The van der Waals surface area contributed by atoms with Crippen molar-refractivity contribution in [2.45, 2.75) is 13.3 Å². The first-order chi connectivity index (χ1) is 7.13. The zero-order chi connectivity index (χ0) is 11.3. The molecule has 1 aromatic carbocycles. The fourth-order valence-corrected chi connectivity index (χ4v) is 1.71. The van der Waals surface area contributed by atoms with Gasteiger partial charge in [0.05, 0.1) is 17.5 Å². The van der Waals surface area contributed by atoms with E-state index in [2.05, 4.69) is 21.2 Å². The summed E-state index contributed by atoms with van der Waals surface area (Å²) in [6.07, 6.45) is 0.372. The Balaban J connectivity index is 2.47. The lowest BCUT2D eigenvalue weighted by atomic mass is 10.2. The normalized spacial score (nSPS) is 9.80. The van der Waals surface area contributed by atoms with Gasteiger partial charge in [0.25, 0.3) is 0 Å². The molecule has 1 amide bonds. The highest BCUT2D eigenvalue weighted by molar-refractivity contribution is 9.10. The molecule has 1 aromatic rings. The van der Waals surface area contributed by atoms with Gasteiger partial charge >= 0.3 is 0 Å². The lowest BCUT2D eigenvalue weighted by Gasteiger charge is -2.08. The van der Waals surface area contributed by atoms with E-state index in [0.717, 1.165) is 10.2 Å². The number of nitrogens with one attached hydrogen (secondary N) is 1. The van der Waals surface area contributed by atoms with E-state index in [0.29, 0.717) is 13.0 Å². The van der Waals surface area contributed by atoms with Crippen LogP contribution in [0.5, 0.6) is 5.75 Å². The van der Waals surface area contributed by atoms with Crippen LogP contribution in [-0.2, 0) is 4.79 Å². The van der Waals surface area contributed by atoms with Crippen LogP contribution in [0.25, 0.3) is 0 Å². The molecule has 15 heavy (non-hydrogen) atoms. The molecule has 82 valence electrons. The summed E-state index contributed by atoms with van der Waals surface area (Å²) in [4.78, 5) is 10.9. The summed E-state index contributed by atoms with van der Waals surface area (Å²) >= 11 is 3.41. The summed E-state index contributed by atoms with van der Waals surface area (Å²) in [5, 5.41) is 2.54. The molecule has 0 aliphatic rings. The molecule has 1 rings (SSSR count). The molecule has 0 heterocycles. The third kappa shape index (κ3) is 3.91. The van der Waals surface area contributed by atoms with Gasteiger partial charge in [0.15, 0.2) is 0 Å². The largest absolute Gasteiger partial charge is 0.492 e. The summed E-state index contributed by atoms with van der Waals surface area (Å²) in [6, 6.07) is 5.85. The Labute approximate surface area is 97.9 Å². The maximum atomic E-state index is 10.9. The van der Waals surface area contributed by atoms with E-state index < -0.39 is 0 Å². The van der Waals surface area contributed by atoms with E-state index in [9.17, 15) is 4.79 Å². The highest BCUT2D eigenvalue weighted by Gasteiger charge is 2.02. The fourth-order valence-electron chi connectivity index (χ4n) is 1.10. The van der Waals surface area contributed by atoms with Crippen molar-refractivity contribution in [2.75, 3.05) is 13.7 Å². The first-order valence-electron chi connectivity index (χ1n) is 4.73. The highest BCUT2D eigenvalue weighted by Crippen LogP contribution is 2.25. The standard InChI is InChI=1S/C11H14BrNO2/c1-8-3-4-10(9(12)7-8)15-6-5-11(14)13-2/h3-4,7H,5-6H2,1-2H3,(H,13,14). The summed E-state index contributed by atoms with van der Waals surface area (Å²) in [5.74, 6) is 0.753. The number of benzene rings is 1. The zero-order valence-electron chi connectivity index (χ0n) is 8.84. The molecule has 1 N–H and O–H groups in total. The van der Waals surface area contributed by atoms with Crippen LogP contribution in [0, 0.1) is 6.92 Å². The van der Waals surface area contributed by atoms with Gasteiger partial charge in [0.1, 0.15) is 5.75 Å². The fraction of sp³-hybridized carbons (Fsp3) is 0.364. The molecule has 0 fully saturated rings. The van der Waals surface area contributed by atoms with Gasteiger partial charge in [-0.2, -0.15) is 0 Å². The molecule has 0 aromatic heterocycles. The van der Waals surface area contributed by atoms with Crippen LogP contribution in [0.2, 0.25) is 0 Å². The van der Waals surface area contributed by atoms with Gasteiger partial charge in [-0.3, -0.25) is 4.79 Å². The molecule has 0 atom stereocenters. The van der Waals surface area contributed by atoms with Gasteiger partial charge in [-0.25, -0.2) is 0 Å². The van der Waals surface area contributed by atoms with Crippen molar-refractivity contribution in [3.05, 3.63) is 28.2 Å². The van der Waals surface area contributed by atoms with Crippen LogP contribution < -0.4 is 10.1 Å². The summed E-state index contributed by atoms with van der Waals surface area (Å²) < 4.78 is 6.37. The van der Waals surface area contributed by atoms with Crippen molar-refractivity contribution in [3.8, 4) is 5.75 Å². The van der Waals surface area contributed by atoms with Crippen molar-refractivity contribution < 1.29 is 9.53 Å². The molecule has 0 aliphatic carbocycles. The van der Waals surface area contributed by atoms with Crippen molar-refractivity contribution in [1.82, 2.24) is 5.32 Å². The maximum Gasteiger partial charge on any atom is 0.223 e. The second kappa shape index (κ2) is 5.75. The Hall–Kier alpha value is -1.03. The zero-order valence-corrected chi connectivity index (χ0v) is 10.4. The highest BCUT2D eigenvalue weighted by atomic mass is 79.9. The molecule has 4 heteroatoms. The number of carbonyl (C=O) groups excluding carboxylic acids is 1. The first kappa shape index (κ1) is 12.0. The molecule has 0 aliphatic heterocycles. The average Bonchev–Trinajstić information content (AvgIpc) is 2.21. The van der Waals surface area contributed by atoms with Crippen LogP contribution in [0.3, 0.4) is 0 Å². The molecule has 0 unspecified atom stereocenters. The lowest BCUT2D eigenvalue weighted by Crippen LogP contribution is -2.20. The van der Waals surface area contributed by atoms with Gasteiger partial charge in [-0.05, 0) is 40.5 Å². The second-order valence-electron chi connectivity index (χ2n) is 3.21. The first-order valence-corrected chi connectivity index (χ1v) is 5.52. The monoisotopic (exact) mass is 271 g/mol. The Bertz CT molecular complexity index is 352. The third-order valence-corrected chi connectivity index (χ3v) is 2.57. The van der Waals surface area contributed by atoms with Crippen LogP contribution >= 0.6 is 15.9 Å². The molecule has 3 nitrogen and oxygen atoms in total. The Kier molecular flexibility index (Phi) is 4.62. The van der Waals surface area contributed by atoms with E-state index in [4.69, 9.17) is 4.74 Å². The smallest absolute Gasteiger partial charge is 0.223 e. The van der Waals surface area contributed by atoms with Gasteiger partial charge < -0.3 is 10.1 Å². The van der Waals surface area contributed by atoms with E-state index in [1.54, 1.807) is 7.05 Å². The quantitative estimate of drug-likeness (QED) is 0.913. The summed E-state index contributed by atoms with van der Waals surface area (Å²) in [5.41, 5.74) is 1.17. The Morgan fingerprint density at radius 1 is 1.53 bits per heavy atom. The third-order valence-electron chi connectivity index (χ3n) is 1.95. The summed E-state index contributed by atoms with van der Waals surface area (Å²) in [7, 11) is 1.62. The molecular formula is C11H14BrNO2. The SMILES string of the molecule is CNC(=O)CCOc1ccc(C)cc1Br. The topological polar surface area (TPSA) is 38.3 Å². The number of hydrogen-bond donors (Lipinski definition) is 1.